The molecule has 2 rings (SSSR count). The Bertz CT molecular complexity index is 316. The molecule has 1 heterocycles. The number of ether oxygens (including phenoxy) is 1. The maximum atomic E-state index is 9.43. The highest BCUT2D eigenvalue weighted by Crippen LogP contribution is 2.31. The largest absolute Gasteiger partial charge is 0.508 e. The molecule has 0 radical (unpaired) electrons. The standard InChI is InChI=1S/C13H18O2/c1-10(12-5-3-7-15-9-12)11-4-2-6-13(14)8-11/h2,4,6,8,10,12,14H,3,5,7,9H2,1H3. The predicted octanol–water partition coefficient (Wildman–Crippen LogP) is 2.92. The molecule has 0 spiro atoms. The third-order valence-corrected chi connectivity index (χ3v) is 3.30. The van der Waals surface area contributed by atoms with Crippen LogP contribution in [0.1, 0.15) is 31.2 Å². The predicted molar refractivity (Wildman–Crippen MR) is 60.1 cm³/mol. The molecule has 1 fully saturated rings. The first-order chi connectivity index (χ1) is 7.27. The van der Waals surface area contributed by atoms with Gasteiger partial charge in [-0.15, -0.1) is 0 Å². The maximum Gasteiger partial charge on any atom is 0.115 e. The van der Waals surface area contributed by atoms with Gasteiger partial charge < -0.3 is 9.84 Å². The molecule has 2 heteroatoms. The Balaban J connectivity index is 2.08. The van der Waals surface area contributed by atoms with Gasteiger partial charge in [-0.2, -0.15) is 0 Å². The number of hydrogen-bond donors (Lipinski definition) is 1. The highest BCUT2D eigenvalue weighted by Gasteiger charge is 2.21. The van der Waals surface area contributed by atoms with E-state index in [9.17, 15) is 5.11 Å². The van der Waals surface area contributed by atoms with Crippen LogP contribution in [-0.2, 0) is 4.74 Å². The Hall–Kier alpha value is -1.02. The van der Waals surface area contributed by atoms with Crippen molar-refractivity contribution in [1.29, 1.82) is 0 Å². The fourth-order valence-corrected chi connectivity index (χ4v) is 2.24. The fraction of sp³-hybridized carbons (Fsp3) is 0.538. The van der Waals surface area contributed by atoms with Crippen molar-refractivity contribution in [2.75, 3.05) is 13.2 Å². The van der Waals surface area contributed by atoms with Gasteiger partial charge in [-0.05, 0) is 42.4 Å². The summed E-state index contributed by atoms with van der Waals surface area (Å²) in [7, 11) is 0. The van der Waals surface area contributed by atoms with Gasteiger partial charge in [-0.25, -0.2) is 0 Å². The average molecular weight is 206 g/mol. The van der Waals surface area contributed by atoms with Gasteiger partial charge in [0.1, 0.15) is 5.75 Å². The van der Waals surface area contributed by atoms with Crippen LogP contribution in [0.5, 0.6) is 5.75 Å². The summed E-state index contributed by atoms with van der Waals surface area (Å²) in [6, 6.07) is 7.57. The zero-order valence-corrected chi connectivity index (χ0v) is 9.15. The van der Waals surface area contributed by atoms with Crippen molar-refractivity contribution in [3.05, 3.63) is 29.8 Å². The van der Waals surface area contributed by atoms with E-state index in [1.807, 2.05) is 12.1 Å². The van der Waals surface area contributed by atoms with E-state index in [4.69, 9.17) is 4.74 Å². The molecule has 0 aliphatic carbocycles. The van der Waals surface area contributed by atoms with E-state index in [-0.39, 0.29) is 0 Å². The molecule has 0 aromatic heterocycles. The molecule has 2 nitrogen and oxygen atoms in total. The van der Waals surface area contributed by atoms with Crippen LogP contribution in [-0.4, -0.2) is 18.3 Å². The molecule has 1 aromatic rings. The van der Waals surface area contributed by atoms with Crippen LogP contribution >= 0.6 is 0 Å². The summed E-state index contributed by atoms with van der Waals surface area (Å²) in [5, 5.41) is 9.43. The topological polar surface area (TPSA) is 29.5 Å². The minimum atomic E-state index is 0.357. The van der Waals surface area contributed by atoms with E-state index < -0.39 is 0 Å². The molecule has 15 heavy (non-hydrogen) atoms. The highest BCUT2D eigenvalue weighted by atomic mass is 16.5. The zero-order chi connectivity index (χ0) is 10.7. The summed E-state index contributed by atoms with van der Waals surface area (Å²) in [6.45, 7) is 3.98. The second-order valence-corrected chi connectivity index (χ2v) is 4.36. The van der Waals surface area contributed by atoms with Crippen LogP contribution in [0.4, 0.5) is 0 Å². The van der Waals surface area contributed by atoms with Crippen LogP contribution in [0.15, 0.2) is 24.3 Å². The van der Waals surface area contributed by atoms with Crippen molar-refractivity contribution in [3.63, 3.8) is 0 Å². The lowest BCUT2D eigenvalue weighted by molar-refractivity contribution is 0.0463. The molecule has 82 valence electrons. The van der Waals surface area contributed by atoms with Crippen LogP contribution in [0.2, 0.25) is 0 Å². The van der Waals surface area contributed by atoms with Gasteiger partial charge in [0, 0.05) is 13.2 Å². The Morgan fingerprint density at radius 3 is 3.00 bits per heavy atom. The lowest BCUT2D eigenvalue weighted by Gasteiger charge is -2.28. The Labute approximate surface area is 90.9 Å². The normalized spacial score (nSPS) is 23.7. The van der Waals surface area contributed by atoms with E-state index >= 15 is 0 Å². The number of benzene rings is 1. The summed E-state index contributed by atoms with van der Waals surface area (Å²) >= 11 is 0. The van der Waals surface area contributed by atoms with Gasteiger partial charge in [0.25, 0.3) is 0 Å². The van der Waals surface area contributed by atoms with E-state index in [0.29, 0.717) is 17.6 Å². The molecule has 1 N–H and O–H groups in total. The molecule has 0 amide bonds. The maximum absolute atomic E-state index is 9.43. The fourth-order valence-electron chi connectivity index (χ4n) is 2.24. The Kier molecular flexibility index (Phi) is 3.27. The summed E-state index contributed by atoms with van der Waals surface area (Å²) in [5.74, 6) is 1.43. The molecule has 1 aromatic carbocycles. The number of hydrogen-bond acceptors (Lipinski definition) is 2. The first-order valence-electron chi connectivity index (χ1n) is 5.64. The van der Waals surface area contributed by atoms with E-state index in [1.54, 1.807) is 6.07 Å². The van der Waals surface area contributed by atoms with Crippen molar-refractivity contribution >= 4 is 0 Å². The SMILES string of the molecule is CC(c1cccc(O)c1)C1CCCOC1. The molecule has 1 aliphatic rings. The summed E-state index contributed by atoms with van der Waals surface area (Å²) in [5.41, 5.74) is 1.21. The molecule has 0 bridgehead atoms. The van der Waals surface area contributed by atoms with Crippen molar-refractivity contribution in [2.24, 2.45) is 5.92 Å². The third kappa shape index (κ3) is 2.51. The quantitative estimate of drug-likeness (QED) is 0.806. The van der Waals surface area contributed by atoms with Gasteiger partial charge in [-0.3, -0.25) is 0 Å². The summed E-state index contributed by atoms with van der Waals surface area (Å²) < 4.78 is 5.49. The number of phenols is 1. The van der Waals surface area contributed by atoms with Gasteiger partial charge >= 0.3 is 0 Å². The lowest BCUT2D eigenvalue weighted by atomic mass is 9.84. The lowest BCUT2D eigenvalue weighted by Crippen LogP contribution is -2.22. The van der Waals surface area contributed by atoms with Crippen LogP contribution in [0.3, 0.4) is 0 Å². The number of phenolic OH excluding ortho intramolecular Hbond substituents is 1. The van der Waals surface area contributed by atoms with Crippen molar-refractivity contribution in [2.45, 2.75) is 25.7 Å². The van der Waals surface area contributed by atoms with E-state index in [2.05, 4.69) is 13.0 Å². The summed E-state index contributed by atoms with van der Waals surface area (Å²) in [4.78, 5) is 0. The highest BCUT2D eigenvalue weighted by molar-refractivity contribution is 5.29. The first kappa shape index (κ1) is 10.5. The molecule has 1 aliphatic heterocycles. The summed E-state index contributed by atoms with van der Waals surface area (Å²) in [6.07, 6.45) is 2.39. The van der Waals surface area contributed by atoms with E-state index in [0.717, 1.165) is 19.6 Å². The zero-order valence-electron chi connectivity index (χ0n) is 9.15. The second kappa shape index (κ2) is 4.67. The van der Waals surface area contributed by atoms with Gasteiger partial charge in [-0.1, -0.05) is 19.1 Å². The third-order valence-electron chi connectivity index (χ3n) is 3.30. The van der Waals surface area contributed by atoms with Gasteiger partial charge in [0.05, 0.1) is 0 Å². The smallest absolute Gasteiger partial charge is 0.115 e. The molecule has 1 saturated heterocycles. The van der Waals surface area contributed by atoms with Gasteiger partial charge in [0.2, 0.25) is 0 Å². The second-order valence-electron chi connectivity index (χ2n) is 4.36. The van der Waals surface area contributed by atoms with Crippen LogP contribution < -0.4 is 0 Å². The average Bonchev–Trinajstić information content (AvgIpc) is 2.29. The minimum Gasteiger partial charge on any atom is -0.508 e. The van der Waals surface area contributed by atoms with Crippen molar-refractivity contribution < 1.29 is 9.84 Å². The minimum absolute atomic E-state index is 0.357. The monoisotopic (exact) mass is 206 g/mol. The number of aromatic hydroxyl groups is 1. The Morgan fingerprint density at radius 1 is 1.47 bits per heavy atom. The Morgan fingerprint density at radius 2 is 2.33 bits per heavy atom. The molecular formula is C13H18O2. The molecule has 2 atom stereocenters. The molecule has 2 unspecified atom stereocenters. The molecular weight excluding hydrogens is 188 g/mol. The molecule has 0 saturated carbocycles. The van der Waals surface area contributed by atoms with Crippen molar-refractivity contribution in [1.82, 2.24) is 0 Å². The van der Waals surface area contributed by atoms with Crippen LogP contribution in [0, 0.1) is 5.92 Å². The van der Waals surface area contributed by atoms with Gasteiger partial charge in [0.15, 0.2) is 0 Å². The number of rotatable bonds is 2. The first-order valence-corrected chi connectivity index (χ1v) is 5.64. The van der Waals surface area contributed by atoms with Crippen LogP contribution in [0.25, 0.3) is 0 Å². The van der Waals surface area contributed by atoms with Crippen molar-refractivity contribution in [3.8, 4) is 5.75 Å². The van der Waals surface area contributed by atoms with E-state index in [1.165, 1.54) is 12.0 Å².